The number of hydrogen-bond acceptors (Lipinski definition) is 2. The first-order valence-electron chi connectivity index (χ1n) is 6.95. The fourth-order valence-corrected chi connectivity index (χ4v) is 2.60. The van der Waals surface area contributed by atoms with E-state index in [0.29, 0.717) is 10.9 Å². The van der Waals surface area contributed by atoms with Crippen LogP contribution in [-0.2, 0) is 0 Å². The van der Waals surface area contributed by atoms with Crippen LogP contribution in [0.2, 0.25) is 5.02 Å². The molecule has 122 valence electrons. The van der Waals surface area contributed by atoms with Gasteiger partial charge in [0.1, 0.15) is 11.6 Å². The molecule has 2 aromatic carbocycles. The van der Waals surface area contributed by atoms with E-state index in [-0.39, 0.29) is 22.2 Å². The van der Waals surface area contributed by atoms with E-state index in [1.807, 2.05) is 0 Å². The second-order valence-electron chi connectivity index (χ2n) is 5.18. The summed E-state index contributed by atoms with van der Waals surface area (Å²) in [5.74, 6) is -2.00. The van der Waals surface area contributed by atoms with Crippen LogP contribution < -0.4 is 5.32 Å². The number of carbonyl (C=O) groups excluding carboxylic acids is 2. The van der Waals surface area contributed by atoms with Crippen molar-refractivity contribution >= 4 is 40.0 Å². The van der Waals surface area contributed by atoms with Crippen LogP contribution in [0.1, 0.15) is 22.1 Å². The zero-order chi connectivity index (χ0) is 17.4. The van der Waals surface area contributed by atoms with E-state index in [4.69, 9.17) is 11.6 Å². The molecule has 1 N–H and O–H groups in total. The maximum Gasteiger partial charge on any atom is 0.257 e. The smallest absolute Gasteiger partial charge is 0.257 e. The summed E-state index contributed by atoms with van der Waals surface area (Å²) in [5, 5.41) is 2.72. The van der Waals surface area contributed by atoms with Crippen LogP contribution in [0.15, 0.2) is 42.6 Å². The number of nitrogens with one attached hydrogen (secondary N) is 1. The first kappa shape index (κ1) is 16.1. The number of benzene rings is 2. The van der Waals surface area contributed by atoms with Crippen molar-refractivity contribution in [3.8, 4) is 0 Å². The van der Waals surface area contributed by atoms with E-state index in [9.17, 15) is 18.4 Å². The van der Waals surface area contributed by atoms with Gasteiger partial charge in [0.2, 0.25) is 5.91 Å². The number of carbonyl (C=O) groups is 2. The second kappa shape index (κ2) is 6.05. The summed E-state index contributed by atoms with van der Waals surface area (Å²) >= 11 is 5.68. The molecule has 0 bridgehead atoms. The Kier molecular flexibility index (Phi) is 4.07. The summed E-state index contributed by atoms with van der Waals surface area (Å²) in [6, 6.07) is 7.56. The molecule has 0 saturated carbocycles. The lowest BCUT2D eigenvalue weighted by atomic mass is 10.1. The van der Waals surface area contributed by atoms with Crippen LogP contribution in [0.25, 0.3) is 10.9 Å². The number of fused-ring (bicyclic) bond motifs is 1. The van der Waals surface area contributed by atoms with E-state index in [1.54, 1.807) is 0 Å². The predicted octanol–water partition coefficient (Wildman–Crippen LogP) is 4.49. The van der Waals surface area contributed by atoms with Gasteiger partial charge >= 0.3 is 0 Å². The lowest BCUT2D eigenvalue weighted by Gasteiger charge is -2.05. The van der Waals surface area contributed by atoms with E-state index in [1.165, 1.54) is 48.0 Å². The van der Waals surface area contributed by atoms with Gasteiger partial charge in [-0.25, -0.2) is 8.78 Å². The first-order chi connectivity index (χ1) is 11.4. The number of rotatable bonds is 2. The highest BCUT2D eigenvalue weighted by Gasteiger charge is 2.18. The molecule has 0 saturated heterocycles. The minimum Gasteiger partial charge on any atom is -0.322 e. The average molecular weight is 349 g/mol. The monoisotopic (exact) mass is 348 g/mol. The molecular weight excluding hydrogens is 338 g/mol. The summed E-state index contributed by atoms with van der Waals surface area (Å²) in [6.45, 7) is 1.34. The number of anilines is 1. The topological polar surface area (TPSA) is 51.1 Å². The summed E-state index contributed by atoms with van der Waals surface area (Å²) in [7, 11) is 0. The molecule has 0 unspecified atom stereocenters. The Labute approximate surface area is 140 Å². The van der Waals surface area contributed by atoms with Crippen molar-refractivity contribution in [3.63, 3.8) is 0 Å². The molecule has 1 aromatic heterocycles. The van der Waals surface area contributed by atoms with Crippen molar-refractivity contribution in [1.82, 2.24) is 4.57 Å². The number of halogens is 3. The summed E-state index contributed by atoms with van der Waals surface area (Å²) in [6.07, 6.45) is 1.34. The highest BCUT2D eigenvalue weighted by molar-refractivity contribution is 6.31. The quantitative estimate of drug-likeness (QED) is 0.742. The van der Waals surface area contributed by atoms with Crippen molar-refractivity contribution in [1.29, 1.82) is 0 Å². The Balaban J connectivity index is 2.04. The third-order valence-electron chi connectivity index (χ3n) is 3.53. The molecular formula is C17H11ClF2N2O2. The van der Waals surface area contributed by atoms with Crippen LogP contribution in [0.5, 0.6) is 0 Å². The summed E-state index contributed by atoms with van der Waals surface area (Å²) < 4.78 is 28.0. The van der Waals surface area contributed by atoms with Gasteiger partial charge < -0.3 is 5.32 Å². The van der Waals surface area contributed by atoms with Crippen LogP contribution in [-0.4, -0.2) is 16.4 Å². The van der Waals surface area contributed by atoms with Crippen molar-refractivity contribution in [3.05, 3.63) is 64.8 Å². The van der Waals surface area contributed by atoms with Crippen molar-refractivity contribution in [2.24, 2.45) is 0 Å². The molecule has 0 aliphatic carbocycles. The minimum atomic E-state index is -0.607. The van der Waals surface area contributed by atoms with Gasteiger partial charge in [-0.1, -0.05) is 11.6 Å². The minimum absolute atomic E-state index is 0.125. The maximum absolute atomic E-state index is 13.5. The van der Waals surface area contributed by atoms with Crippen molar-refractivity contribution in [2.75, 3.05) is 5.32 Å². The van der Waals surface area contributed by atoms with Crippen LogP contribution in [0, 0.1) is 11.6 Å². The molecule has 0 spiro atoms. The van der Waals surface area contributed by atoms with Gasteiger partial charge in [-0.15, -0.1) is 0 Å². The summed E-state index contributed by atoms with van der Waals surface area (Å²) in [4.78, 5) is 24.2. The number of amides is 1. The second-order valence-corrected chi connectivity index (χ2v) is 5.58. The standard InChI is InChI=1S/C17H11ClF2N2O2/c1-9(23)22-8-13(12-6-10(19)2-5-16(12)22)17(24)21-11-3-4-15(20)14(18)7-11/h2-8H,1H3,(H,21,24). The van der Waals surface area contributed by atoms with Crippen molar-refractivity contribution < 1.29 is 18.4 Å². The molecule has 0 fully saturated rings. The Morgan fingerprint density at radius 3 is 2.54 bits per heavy atom. The highest BCUT2D eigenvalue weighted by atomic mass is 35.5. The number of nitrogens with zero attached hydrogens (tertiary/aromatic N) is 1. The van der Waals surface area contributed by atoms with E-state index >= 15 is 0 Å². The molecule has 4 nitrogen and oxygen atoms in total. The molecule has 1 heterocycles. The Hall–Kier alpha value is -2.73. The molecule has 0 radical (unpaired) electrons. The number of hydrogen-bond donors (Lipinski definition) is 1. The van der Waals surface area contributed by atoms with Gasteiger partial charge in [-0.05, 0) is 36.4 Å². The van der Waals surface area contributed by atoms with Crippen LogP contribution >= 0.6 is 11.6 Å². The largest absolute Gasteiger partial charge is 0.322 e. The van der Waals surface area contributed by atoms with Gasteiger partial charge in [-0.3, -0.25) is 14.2 Å². The fourth-order valence-electron chi connectivity index (χ4n) is 2.42. The zero-order valence-corrected chi connectivity index (χ0v) is 13.2. The van der Waals surface area contributed by atoms with Gasteiger partial charge in [0.15, 0.2) is 0 Å². The molecule has 0 aliphatic rings. The Morgan fingerprint density at radius 1 is 1.12 bits per heavy atom. The molecule has 0 aliphatic heterocycles. The Morgan fingerprint density at radius 2 is 1.88 bits per heavy atom. The van der Waals surface area contributed by atoms with Gasteiger partial charge in [-0.2, -0.15) is 0 Å². The lowest BCUT2D eigenvalue weighted by Crippen LogP contribution is -2.12. The zero-order valence-electron chi connectivity index (χ0n) is 12.4. The third kappa shape index (κ3) is 2.88. The van der Waals surface area contributed by atoms with E-state index in [2.05, 4.69) is 5.32 Å². The van der Waals surface area contributed by atoms with Gasteiger partial charge in [0.05, 0.1) is 16.1 Å². The summed E-state index contributed by atoms with van der Waals surface area (Å²) in [5.41, 5.74) is 0.831. The van der Waals surface area contributed by atoms with Crippen LogP contribution in [0.3, 0.4) is 0 Å². The fraction of sp³-hybridized carbons (Fsp3) is 0.0588. The van der Waals surface area contributed by atoms with Gasteiger partial charge in [0, 0.05) is 24.2 Å². The number of aromatic nitrogens is 1. The lowest BCUT2D eigenvalue weighted by molar-refractivity contribution is 0.0941. The Bertz CT molecular complexity index is 982. The normalized spacial score (nSPS) is 10.8. The molecule has 7 heteroatoms. The molecule has 3 aromatic rings. The molecule has 1 amide bonds. The van der Waals surface area contributed by atoms with E-state index in [0.717, 1.165) is 6.07 Å². The SMILES string of the molecule is CC(=O)n1cc(C(=O)Nc2ccc(F)c(Cl)c2)c2cc(F)ccc21. The highest BCUT2D eigenvalue weighted by Crippen LogP contribution is 2.25. The molecule has 3 rings (SSSR count). The average Bonchev–Trinajstić information content (AvgIpc) is 2.90. The molecule has 24 heavy (non-hydrogen) atoms. The first-order valence-corrected chi connectivity index (χ1v) is 7.32. The predicted molar refractivity (Wildman–Crippen MR) is 87.6 cm³/mol. The maximum atomic E-state index is 13.5. The molecule has 0 atom stereocenters. The van der Waals surface area contributed by atoms with Gasteiger partial charge in [0.25, 0.3) is 5.91 Å². The third-order valence-corrected chi connectivity index (χ3v) is 3.82. The van der Waals surface area contributed by atoms with Crippen LogP contribution in [0.4, 0.5) is 14.5 Å². The van der Waals surface area contributed by atoms with Crippen molar-refractivity contribution in [2.45, 2.75) is 6.92 Å². The van der Waals surface area contributed by atoms with E-state index < -0.39 is 17.5 Å².